The summed E-state index contributed by atoms with van der Waals surface area (Å²) in [5.74, 6) is 1.35. The highest BCUT2D eigenvalue weighted by Crippen LogP contribution is 2.29. The molecular formula is C28H32. The summed E-state index contributed by atoms with van der Waals surface area (Å²) in [5, 5.41) is 2.60. The Balaban J connectivity index is 1.85. The quantitative estimate of drug-likeness (QED) is 0.377. The third-order valence-corrected chi connectivity index (χ3v) is 5.69. The summed E-state index contributed by atoms with van der Waals surface area (Å²) in [6.07, 6.45) is 7.20. The maximum atomic E-state index is 4.07. The molecule has 0 nitrogen and oxygen atoms in total. The summed E-state index contributed by atoms with van der Waals surface area (Å²) in [5.41, 5.74) is 6.60. The van der Waals surface area contributed by atoms with Gasteiger partial charge in [0.2, 0.25) is 0 Å². The van der Waals surface area contributed by atoms with Crippen LogP contribution < -0.4 is 0 Å². The normalized spacial score (nSPS) is 12.3. The summed E-state index contributed by atoms with van der Waals surface area (Å²) in [4.78, 5) is 0. The molecule has 0 saturated heterocycles. The van der Waals surface area contributed by atoms with Gasteiger partial charge in [-0.15, -0.1) is 0 Å². The van der Waals surface area contributed by atoms with Crippen molar-refractivity contribution in [2.45, 2.75) is 46.0 Å². The van der Waals surface area contributed by atoms with Crippen LogP contribution in [0.3, 0.4) is 0 Å². The first-order valence-electron chi connectivity index (χ1n) is 10.4. The standard InChI is InChI=1S/C28H32/c1-6-23-19-25-10-8-9-11-27(25)28(26(23)7-2)17-14-22-12-15-24(16-13-22)21(5)18-20(3)4/h6-13,15-16,19-21H,1-2,14,17-18H2,3-5H3. The van der Waals surface area contributed by atoms with Gasteiger partial charge in [0.1, 0.15) is 0 Å². The van der Waals surface area contributed by atoms with Gasteiger partial charge >= 0.3 is 0 Å². The van der Waals surface area contributed by atoms with Gasteiger partial charge in [-0.05, 0) is 75.8 Å². The first-order valence-corrected chi connectivity index (χ1v) is 10.4. The van der Waals surface area contributed by atoms with Crippen molar-refractivity contribution in [1.82, 2.24) is 0 Å². The summed E-state index contributed by atoms with van der Waals surface area (Å²) < 4.78 is 0. The van der Waals surface area contributed by atoms with Crippen molar-refractivity contribution in [3.8, 4) is 0 Å². The molecule has 0 bridgehead atoms. The maximum absolute atomic E-state index is 4.07. The molecule has 1 unspecified atom stereocenters. The first-order chi connectivity index (χ1) is 13.5. The Morgan fingerprint density at radius 2 is 1.57 bits per heavy atom. The Kier molecular flexibility index (Phi) is 6.52. The third kappa shape index (κ3) is 4.44. The number of hydrogen-bond donors (Lipinski definition) is 0. The number of fused-ring (bicyclic) bond motifs is 1. The number of rotatable bonds is 8. The van der Waals surface area contributed by atoms with E-state index in [0.717, 1.165) is 18.8 Å². The smallest absolute Gasteiger partial charge is 0.0145 e. The molecule has 0 aliphatic heterocycles. The fraction of sp³-hybridized carbons (Fsp3) is 0.286. The van der Waals surface area contributed by atoms with Crippen LogP contribution in [-0.4, -0.2) is 0 Å². The molecule has 3 rings (SSSR count). The lowest BCUT2D eigenvalue weighted by atomic mass is 9.89. The zero-order chi connectivity index (χ0) is 20.1. The van der Waals surface area contributed by atoms with Gasteiger partial charge in [0, 0.05) is 0 Å². The molecule has 0 N–H and O–H groups in total. The van der Waals surface area contributed by atoms with Crippen LogP contribution in [-0.2, 0) is 12.8 Å². The Labute approximate surface area is 170 Å². The SMILES string of the molecule is C=Cc1cc2ccccc2c(CCc2ccc(C(C)CC(C)C)cc2)c1C=C. The summed E-state index contributed by atoms with van der Waals surface area (Å²) in [6, 6.07) is 20.1. The molecule has 3 aromatic rings. The van der Waals surface area contributed by atoms with Gasteiger partial charge in [0.05, 0.1) is 0 Å². The minimum absolute atomic E-state index is 0.620. The second kappa shape index (κ2) is 9.06. The minimum atomic E-state index is 0.620. The van der Waals surface area contributed by atoms with E-state index < -0.39 is 0 Å². The molecule has 1 atom stereocenters. The van der Waals surface area contributed by atoms with Gasteiger partial charge in [-0.25, -0.2) is 0 Å². The Morgan fingerprint density at radius 3 is 2.21 bits per heavy atom. The maximum Gasteiger partial charge on any atom is -0.0145 e. The highest BCUT2D eigenvalue weighted by Gasteiger charge is 2.11. The van der Waals surface area contributed by atoms with Crippen LogP contribution in [0.2, 0.25) is 0 Å². The van der Waals surface area contributed by atoms with Gasteiger partial charge in [0.25, 0.3) is 0 Å². The van der Waals surface area contributed by atoms with Crippen molar-refractivity contribution in [2.75, 3.05) is 0 Å². The van der Waals surface area contributed by atoms with Crippen molar-refractivity contribution >= 4 is 22.9 Å². The molecular weight excluding hydrogens is 336 g/mol. The lowest BCUT2D eigenvalue weighted by Crippen LogP contribution is -2.00. The van der Waals surface area contributed by atoms with Gasteiger partial charge in [-0.1, -0.05) is 94.6 Å². The molecule has 28 heavy (non-hydrogen) atoms. The average molecular weight is 369 g/mol. The van der Waals surface area contributed by atoms with E-state index >= 15 is 0 Å². The lowest BCUT2D eigenvalue weighted by Gasteiger charge is -2.16. The van der Waals surface area contributed by atoms with Crippen molar-refractivity contribution < 1.29 is 0 Å². The van der Waals surface area contributed by atoms with E-state index in [4.69, 9.17) is 0 Å². The van der Waals surface area contributed by atoms with E-state index in [-0.39, 0.29) is 0 Å². The fourth-order valence-electron chi connectivity index (χ4n) is 4.27. The van der Waals surface area contributed by atoms with E-state index in [1.165, 1.54) is 45.0 Å². The molecule has 0 heteroatoms. The molecule has 0 amide bonds. The minimum Gasteiger partial charge on any atom is -0.0984 e. The monoisotopic (exact) mass is 368 g/mol. The Morgan fingerprint density at radius 1 is 0.857 bits per heavy atom. The van der Waals surface area contributed by atoms with Crippen LogP contribution in [0.1, 0.15) is 60.9 Å². The topological polar surface area (TPSA) is 0 Å². The Bertz CT molecular complexity index is 957. The molecule has 0 aliphatic rings. The van der Waals surface area contributed by atoms with Crippen molar-refractivity contribution in [3.63, 3.8) is 0 Å². The van der Waals surface area contributed by atoms with Crippen LogP contribution >= 0.6 is 0 Å². The van der Waals surface area contributed by atoms with Crippen LogP contribution in [0.15, 0.2) is 67.8 Å². The zero-order valence-corrected chi connectivity index (χ0v) is 17.5. The van der Waals surface area contributed by atoms with Crippen LogP contribution in [0.4, 0.5) is 0 Å². The molecule has 144 valence electrons. The molecule has 0 spiro atoms. The number of aryl methyl sites for hydroxylation is 2. The zero-order valence-electron chi connectivity index (χ0n) is 17.5. The summed E-state index contributed by atoms with van der Waals surface area (Å²) in [6.45, 7) is 15.0. The predicted molar refractivity (Wildman–Crippen MR) is 126 cm³/mol. The molecule has 0 heterocycles. The molecule has 3 aromatic carbocycles. The highest BCUT2D eigenvalue weighted by molar-refractivity contribution is 5.92. The van der Waals surface area contributed by atoms with E-state index in [1.54, 1.807) is 0 Å². The summed E-state index contributed by atoms with van der Waals surface area (Å²) in [7, 11) is 0. The predicted octanol–water partition coefficient (Wildman–Crippen LogP) is 8.06. The Hall–Kier alpha value is -2.60. The van der Waals surface area contributed by atoms with Gasteiger partial charge in [0.15, 0.2) is 0 Å². The van der Waals surface area contributed by atoms with Gasteiger partial charge < -0.3 is 0 Å². The molecule has 0 fully saturated rings. The second-order valence-electron chi connectivity index (χ2n) is 8.26. The second-order valence-corrected chi connectivity index (χ2v) is 8.26. The van der Waals surface area contributed by atoms with Gasteiger partial charge in [-0.3, -0.25) is 0 Å². The lowest BCUT2D eigenvalue weighted by molar-refractivity contribution is 0.523. The van der Waals surface area contributed by atoms with E-state index in [9.17, 15) is 0 Å². The molecule has 0 radical (unpaired) electrons. The van der Waals surface area contributed by atoms with E-state index in [0.29, 0.717) is 5.92 Å². The highest BCUT2D eigenvalue weighted by atomic mass is 14.2. The number of benzene rings is 3. The third-order valence-electron chi connectivity index (χ3n) is 5.69. The average Bonchev–Trinajstić information content (AvgIpc) is 2.71. The van der Waals surface area contributed by atoms with Crippen LogP contribution in [0.25, 0.3) is 22.9 Å². The van der Waals surface area contributed by atoms with E-state index in [1.807, 2.05) is 12.2 Å². The first kappa shape index (κ1) is 20.1. The van der Waals surface area contributed by atoms with Crippen LogP contribution in [0, 0.1) is 5.92 Å². The fourth-order valence-corrected chi connectivity index (χ4v) is 4.27. The molecule has 0 saturated carbocycles. The van der Waals surface area contributed by atoms with Crippen molar-refractivity contribution in [1.29, 1.82) is 0 Å². The largest absolute Gasteiger partial charge is 0.0984 e. The van der Waals surface area contributed by atoms with E-state index in [2.05, 4.69) is 88.5 Å². The summed E-state index contributed by atoms with van der Waals surface area (Å²) >= 11 is 0. The van der Waals surface area contributed by atoms with Gasteiger partial charge in [-0.2, -0.15) is 0 Å². The number of hydrogen-bond acceptors (Lipinski definition) is 0. The molecule has 0 aromatic heterocycles. The van der Waals surface area contributed by atoms with Crippen molar-refractivity contribution in [3.05, 3.63) is 95.6 Å². The van der Waals surface area contributed by atoms with Crippen LogP contribution in [0.5, 0.6) is 0 Å². The van der Waals surface area contributed by atoms with Crippen molar-refractivity contribution in [2.24, 2.45) is 5.92 Å². The molecule has 0 aliphatic carbocycles.